The first kappa shape index (κ1) is 15.7. The van der Waals surface area contributed by atoms with E-state index in [1.165, 1.54) is 17.7 Å². The van der Waals surface area contributed by atoms with Gasteiger partial charge in [-0.15, -0.1) is 0 Å². The molecule has 7 nitrogen and oxygen atoms in total. The van der Waals surface area contributed by atoms with E-state index in [9.17, 15) is 13.2 Å². The van der Waals surface area contributed by atoms with Crippen LogP contribution in [0.1, 0.15) is 17.0 Å². The second kappa shape index (κ2) is 5.78. The van der Waals surface area contributed by atoms with Gasteiger partial charge in [0.25, 0.3) is 0 Å². The van der Waals surface area contributed by atoms with Crippen molar-refractivity contribution in [2.45, 2.75) is 30.8 Å². The number of methoxy groups -OCH3 is 1. The number of sulfonamides is 1. The molecule has 23 heavy (non-hydrogen) atoms. The average Bonchev–Trinajstić information content (AvgIpc) is 3.00. The molecule has 1 N–H and O–H groups in total. The fraction of sp³-hybridized carbons (Fsp3) is 0.333. The van der Waals surface area contributed by atoms with E-state index in [0.29, 0.717) is 11.4 Å². The molecule has 1 aromatic carbocycles. The number of aromatic amines is 1. The number of nitrogens with one attached hydrogen (secondary N) is 1. The van der Waals surface area contributed by atoms with Crippen LogP contribution in [0, 0.1) is 6.92 Å². The summed E-state index contributed by atoms with van der Waals surface area (Å²) in [6.07, 6.45) is 1.69. The molecule has 0 saturated carbocycles. The third kappa shape index (κ3) is 2.75. The number of aryl methyl sites for hydroxylation is 1. The van der Waals surface area contributed by atoms with Crippen molar-refractivity contribution >= 4 is 16.0 Å². The van der Waals surface area contributed by atoms with Crippen molar-refractivity contribution in [2.24, 2.45) is 0 Å². The van der Waals surface area contributed by atoms with Crippen LogP contribution in [-0.2, 0) is 32.5 Å². The van der Waals surface area contributed by atoms with E-state index in [-0.39, 0.29) is 17.9 Å². The Morgan fingerprint density at radius 3 is 2.70 bits per heavy atom. The van der Waals surface area contributed by atoms with Gasteiger partial charge in [0.2, 0.25) is 10.0 Å². The third-order valence-corrected chi connectivity index (χ3v) is 5.83. The molecule has 1 atom stereocenters. The summed E-state index contributed by atoms with van der Waals surface area (Å²) in [5.41, 5.74) is 2.35. The van der Waals surface area contributed by atoms with Crippen LogP contribution in [0.3, 0.4) is 0 Å². The lowest BCUT2D eigenvalue weighted by Gasteiger charge is -2.32. The maximum Gasteiger partial charge on any atom is 0.324 e. The molecule has 2 heterocycles. The van der Waals surface area contributed by atoms with Gasteiger partial charge >= 0.3 is 5.97 Å². The average molecular weight is 335 g/mol. The van der Waals surface area contributed by atoms with Gasteiger partial charge in [-0.2, -0.15) is 4.31 Å². The van der Waals surface area contributed by atoms with Crippen molar-refractivity contribution in [3.05, 3.63) is 47.5 Å². The van der Waals surface area contributed by atoms with Gasteiger partial charge in [-0.1, -0.05) is 17.7 Å². The molecule has 0 radical (unpaired) electrons. The summed E-state index contributed by atoms with van der Waals surface area (Å²) in [5, 5.41) is 0. The highest BCUT2D eigenvalue weighted by atomic mass is 32.2. The molecule has 2 aromatic rings. The number of rotatable bonds is 3. The molecule has 0 saturated heterocycles. The van der Waals surface area contributed by atoms with Crippen LogP contribution in [0.25, 0.3) is 0 Å². The molecule has 0 spiro atoms. The monoisotopic (exact) mass is 335 g/mol. The number of fused-ring (bicyclic) bond motifs is 1. The molecule has 1 aliphatic heterocycles. The third-order valence-electron chi connectivity index (χ3n) is 3.96. The highest BCUT2D eigenvalue weighted by molar-refractivity contribution is 7.89. The summed E-state index contributed by atoms with van der Waals surface area (Å²) in [5.74, 6) is -0.589. The molecule has 0 bridgehead atoms. The maximum absolute atomic E-state index is 12.9. The molecule has 0 amide bonds. The number of hydrogen-bond acceptors (Lipinski definition) is 5. The molecule has 1 aliphatic rings. The minimum absolute atomic E-state index is 0.0608. The molecule has 1 aromatic heterocycles. The fourth-order valence-electron chi connectivity index (χ4n) is 2.65. The van der Waals surface area contributed by atoms with Gasteiger partial charge in [0.1, 0.15) is 6.04 Å². The normalized spacial score (nSPS) is 18.4. The van der Waals surface area contributed by atoms with Crippen LogP contribution in [0.5, 0.6) is 0 Å². The number of aromatic nitrogens is 2. The lowest BCUT2D eigenvalue weighted by molar-refractivity contribution is -0.145. The Labute approximate surface area is 134 Å². The summed E-state index contributed by atoms with van der Waals surface area (Å²) in [7, 11) is -2.57. The molecule has 1 unspecified atom stereocenters. The Kier molecular flexibility index (Phi) is 3.95. The Morgan fingerprint density at radius 1 is 1.35 bits per heavy atom. The lowest BCUT2D eigenvalue weighted by atomic mass is 10.1. The second-order valence-corrected chi connectivity index (χ2v) is 7.32. The SMILES string of the molecule is COC(=O)C1Cc2nc[nH]c2CN1S(=O)(=O)c1ccc(C)cc1. The van der Waals surface area contributed by atoms with E-state index in [1.54, 1.807) is 24.3 Å². The molecule has 122 valence electrons. The zero-order valence-electron chi connectivity index (χ0n) is 12.8. The number of imidazole rings is 1. The zero-order chi connectivity index (χ0) is 16.6. The van der Waals surface area contributed by atoms with Gasteiger partial charge in [0.15, 0.2) is 0 Å². The second-order valence-electron chi connectivity index (χ2n) is 5.43. The van der Waals surface area contributed by atoms with Gasteiger partial charge in [-0.25, -0.2) is 13.4 Å². The van der Waals surface area contributed by atoms with Crippen LogP contribution in [0.4, 0.5) is 0 Å². The lowest BCUT2D eigenvalue weighted by Crippen LogP contribution is -2.49. The number of carbonyl (C=O) groups excluding carboxylic acids is 1. The van der Waals surface area contributed by atoms with Crippen LogP contribution < -0.4 is 0 Å². The van der Waals surface area contributed by atoms with Gasteiger partial charge in [0, 0.05) is 6.42 Å². The van der Waals surface area contributed by atoms with E-state index in [4.69, 9.17) is 4.74 Å². The van der Waals surface area contributed by atoms with Gasteiger partial charge in [-0.05, 0) is 19.1 Å². The van der Waals surface area contributed by atoms with E-state index >= 15 is 0 Å². The highest BCUT2D eigenvalue weighted by Crippen LogP contribution is 2.28. The Morgan fingerprint density at radius 2 is 2.04 bits per heavy atom. The van der Waals surface area contributed by atoms with Crippen molar-refractivity contribution in [3.8, 4) is 0 Å². The van der Waals surface area contributed by atoms with Crippen molar-refractivity contribution < 1.29 is 17.9 Å². The molecule has 0 fully saturated rings. The maximum atomic E-state index is 12.9. The summed E-state index contributed by atoms with van der Waals surface area (Å²) in [6, 6.07) is 5.63. The number of carbonyl (C=O) groups is 1. The quantitative estimate of drug-likeness (QED) is 0.845. The van der Waals surface area contributed by atoms with E-state index in [0.717, 1.165) is 5.56 Å². The van der Waals surface area contributed by atoms with Crippen molar-refractivity contribution in [1.82, 2.24) is 14.3 Å². The fourth-order valence-corrected chi connectivity index (χ4v) is 4.19. The number of esters is 1. The summed E-state index contributed by atoms with van der Waals surface area (Å²) in [4.78, 5) is 19.3. The summed E-state index contributed by atoms with van der Waals surface area (Å²) >= 11 is 0. The number of hydrogen-bond donors (Lipinski definition) is 1. The highest BCUT2D eigenvalue weighted by Gasteiger charge is 2.41. The number of H-pyrrole nitrogens is 1. The van der Waals surface area contributed by atoms with Crippen LogP contribution in [0.2, 0.25) is 0 Å². The van der Waals surface area contributed by atoms with Gasteiger partial charge in [-0.3, -0.25) is 4.79 Å². The molecule has 3 rings (SSSR count). The predicted octanol–water partition coefficient (Wildman–Crippen LogP) is 1.01. The molecular weight excluding hydrogens is 318 g/mol. The van der Waals surface area contributed by atoms with Gasteiger partial charge in [0.05, 0.1) is 36.3 Å². The van der Waals surface area contributed by atoms with E-state index in [2.05, 4.69) is 9.97 Å². The molecular formula is C15H17N3O4S. The Hall–Kier alpha value is -2.19. The first-order chi connectivity index (χ1) is 10.9. The number of ether oxygens (including phenoxy) is 1. The minimum atomic E-state index is -3.82. The zero-order valence-corrected chi connectivity index (χ0v) is 13.6. The van der Waals surface area contributed by atoms with Crippen molar-refractivity contribution in [3.63, 3.8) is 0 Å². The summed E-state index contributed by atoms with van der Waals surface area (Å²) in [6.45, 7) is 1.94. The van der Waals surface area contributed by atoms with E-state index in [1.807, 2.05) is 6.92 Å². The predicted molar refractivity (Wildman–Crippen MR) is 82.0 cm³/mol. The largest absolute Gasteiger partial charge is 0.468 e. The van der Waals surface area contributed by atoms with Gasteiger partial charge < -0.3 is 9.72 Å². The summed E-state index contributed by atoms with van der Waals surface area (Å²) < 4.78 is 31.8. The Bertz CT molecular complexity index is 827. The smallest absolute Gasteiger partial charge is 0.324 e. The van der Waals surface area contributed by atoms with Crippen molar-refractivity contribution in [2.75, 3.05) is 7.11 Å². The Balaban J connectivity index is 2.04. The number of nitrogens with zero attached hydrogens (tertiary/aromatic N) is 2. The minimum Gasteiger partial charge on any atom is -0.468 e. The molecule has 8 heteroatoms. The number of benzene rings is 1. The first-order valence-electron chi connectivity index (χ1n) is 7.11. The van der Waals surface area contributed by atoms with Crippen LogP contribution in [-0.4, -0.2) is 41.8 Å². The standard InChI is InChI=1S/C15H17N3O4S/c1-10-3-5-11(6-4-10)23(20,21)18-8-13-12(16-9-17-13)7-14(18)15(19)22-2/h3-6,9,14H,7-8H2,1-2H3,(H,16,17). The topological polar surface area (TPSA) is 92.4 Å². The van der Waals surface area contributed by atoms with Crippen LogP contribution >= 0.6 is 0 Å². The van der Waals surface area contributed by atoms with E-state index < -0.39 is 22.0 Å². The van der Waals surface area contributed by atoms with Crippen LogP contribution in [0.15, 0.2) is 35.5 Å². The van der Waals surface area contributed by atoms with Crippen molar-refractivity contribution in [1.29, 1.82) is 0 Å². The molecule has 0 aliphatic carbocycles. The first-order valence-corrected chi connectivity index (χ1v) is 8.55.